The molecule has 3 fully saturated rings. The quantitative estimate of drug-likeness (QED) is 0.157. The maximum Gasteiger partial charge on any atom is 5.00 e. The molecule has 1 saturated heterocycles. The monoisotopic (exact) mass is 1040 g/mol. The number of benzene rings is 2. The summed E-state index contributed by atoms with van der Waals surface area (Å²) in [7, 11) is 8.36. The molecule has 393 valence electrons. The normalized spacial score (nSPS) is 17.4. The third-order valence-corrected chi connectivity index (χ3v) is 17.3. The van der Waals surface area contributed by atoms with Gasteiger partial charge in [-0.25, -0.2) is 9.97 Å². The molecular formula is C66H82FeN8+. The number of hydrogen-bond acceptors (Lipinski definition) is 4. The van der Waals surface area contributed by atoms with Crippen molar-refractivity contribution in [1.82, 2.24) is 29.7 Å². The third-order valence-electron chi connectivity index (χ3n) is 17.3. The molecule has 5 aromatic rings. The average Bonchev–Trinajstić information content (AvgIpc) is 4.09. The van der Waals surface area contributed by atoms with Crippen molar-refractivity contribution in [2.45, 2.75) is 150 Å². The van der Waals surface area contributed by atoms with Crippen LogP contribution in [0.15, 0.2) is 84.7 Å². The van der Waals surface area contributed by atoms with Crippen molar-refractivity contribution in [2.75, 3.05) is 47.8 Å². The van der Waals surface area contributed by atoms with E-state index in [0.29, 0.717) is 11.8 Å². The van der Waals surface area contributed by atoms with Crippen molar-refractivity contribution in [2.24, 2.45) is 0 Å². The van der Waals surface area contributed by atoms with Gasteiger partial charge in [0.05, 0.1) is 22.8 Å². The van der Waals surface area contributed by atoms with Gasteiger partial charge in [0, 0.05) is 25.8 Å². The number of nitrogens with zero attached hydrogens (tertiary/aromatic N) is 8. The van der Waals surface area contributed by atoms with Gasteiger partial charge in [-0.2, -0.15) is 6.20 Å². The fourth-order valence-electron chi connectivity index (χ4n) is 12.3. The Morgan fingerprint density at radius 2 is 0.880 bits per heavy atom. The molecule has 0 atom stereocenters. The minimum Gasteiger partial charge on any atom is -0.687 e. The zero-order valence-electron chi connectivity index (χ0n) is 47.3. The Bertz CT molecular complexity index is 2950. The number of fused-ring (bicyclic) bond motifs is 8. The van der Waals surface area contributed by atoms with Crippen molar-refractivity contribution < 1.29 is 17.1 Å². The Balaban J connectivity index is 0.000000332. The van der Waals surface area contributed by atoms with E-state index < -0.39 is 0 Å². The van der Waals surface area contributed by atoms with Crippen LogP contribution in [0, 0.1) is 27.7 Å². The number of aromatic nitrogens is 4. The van der Waals surface area contributed by atoms with E-state index in [1.807, 2.05) is 26.4 Å². The van der Waals surface area contributed by atoms with Gasteiger partial charge in [-0.3, -0.25) is 0 Å². The summed E-state index contributed by atoms with van der Waals surface area (Å²) in [6, 6.07) is 22.5. The number of rotatable bonds is 6. The first kappa shape index (κ1) is 55.8. The molecule has 8 bridgehead atoms. The smallest absolute Gasteiger partial charge is 0.687 e. The maximum atomic E-state index is 5.87. The Morgan fingerprint density at radius 1 is 0.480 bits per heavy atom. The van der Waals surface area contributed by atoms with E-state index in [1.54, 1.807) is 0 Å². The molecule has 0 spiro atoms. The van der Waals surface area contributed by atoms with Crippen molar-refractivity contribution in [3.8, 4) is 22.3 Å². The summed E-state index contributed by atoms with van der Waals surface area (Å²) in [6.45, 7) is 21.3. The van der Waals surface area contributed by atoms with Gasteiger partial charge in [0.15, 0.2) is 0 Å². The van der Waals surface area contributed by atoms with Crippen LogP contribution in [0.3, 0.4) is 0 Å². The molecule has 2 saturated carbocycles. The summed E-state index contributed by atoms with van der Waals surface area (Å²) < 4.78 is 0. The first-order valence-corrected chi connectivity index (χ1v) is 27.9. The minimum absolute atomic E-state index is 0. The van der Waals surface area contributed by atoms with E-state index in [-0.39, 0.29) is 17.1 Å². The van der Waals surface area contributed by atoms with E-state index in [0.717, 1.165) is 92.8 Å². The molecule has 11 rings (SSSR count). The van der Waals surface area contributed by atoms with Crippen LogP contribution in [-0.4, -0.2) is 73.6 Å². The van der Waals surface area contributed by atoms with Gasteiger partial charge >= 0.3 is 17.1 Å². The van der Waals surface area contributed by atoms with Crippen molar-refractivity contribution >= 4 is 44.4 Å². The molecule has 9 heteroatoms. The summed E-state index contributed by atoms with van der Waals surface area (Å²) >= 11 is 0. The SMILES string of the molecule is CC1=C(C)c2nc1c(-c1ccccc1)c1[n-]c(c(C)c1C)c(C1CCCCC1)c1nc(c(C3CCCCC3)c3[n-]c(c(C)c3C)c2-c2ccccc2)C(C)=C1C.CN(C)C1=CC[N-]C=C1.CN(C)C1CC[N-]CC1.[Fe+5]. The number of aryl methyl sites for hydroxylation is 4. The van der Waals surface area contributed by atoms with Crippen LogP contribution in [-0.2, 0) is 17.1 Å². The number of likely N-dealkylation sites (N-methyl/N-ethyl adjacent to an activating group) is 1. The molecule has 0 unspecified atom stereocenters. The molecule has 1 radical (unpaired) electrons. The molecule has 3 aromatic heterocycles. The van der Waals surface area contributed by atoms with E-state index in [2.05, 4.69) is 157 Å². The first-order valence-electron chi connectivity index (χ1n) is 27.9. The van der Waals surface area contributed by atoms with E-state index in [9.17, 15) is 0 Å². The summed E-state index contributed by atoms with van der Waals surface area (Å²) in [4.78, 5) is 27.6. The van der Waals surface area contributed by atoms with Crippen LogP contribution >= 0.6 is 0 Å². The standard InChI is InChI=1S/C52H56N4.C7H15N2.C7H11N2.Fe/c1-29-30(2)46-42(38-23-15-10-16-24-38)48-33(5)34(6)50(55-48)44(40-27-19-12-20-28-40)52-36(8)35(7)51(56-52)43(39-25-17-11-18-26-39)49-32(4)31(3)47(54-49)41(45(29)53-46)37-21-13-9-14-22-37;2*1-9(2)7-3-5-8-6-4-7;/h9-10,13-16,21-24,39-40H,11-12,17-20,25-28H2,1-8H3;7H,3-6H2,1-2H3;3-5H,6H2,1-2H3;/q-2;2*-1;+5. The van der Waals surface area contributed by atoms with E-state index in [1.165, 1.54) is 138 Å². The molecule has 75 heavy (non-hydrogen) atoms. The van der Waals surface area contributed by atoms with Gasteiger partial charge in [-0.15, -0.1) is 41.7 Å². The second-order valence-electron chi connectivity index (χ2n) is 22.3. The Morgan fingerprint density at radius 3 is 1.24 bits per heavy atom. The second-order valence-corrected chi connectivity index (χ2v) is 22.3. The number of hydrogen-bond donors (Lipinski definition) is 0. The fourth-order valence-corrected chi connectivity index (χ4v) is 12.3. The van der Waals surface area contributed by atoms with Crippen LogP contribution in [0.25, 0.3) is 77.2 Å². The van der Waals surface area contributed by atoms with Crippen LogP contribution in [0.2, 0.25) is 0 Å². The number of piperidine rings is 1. The van der Waals surface area contributed by atoms with Crippen LogP contribution < -0.4 is 9.97 Å². The predicted octanol–water partition coefficient (Wildman–Crippen LogP) is 16.6. The summed E-state index contributed by atoms with van der Waals surface area (Å²) in [5, 5.41) is 8.31. The minimum atomic E-state index is 0. The Kier molecular flexibility index (Phi) is 18.4. The molecule has 4 aliphatic heterocycles. The van der Waals surface area contributed by atoms with Gasteiger partial charge in [-0.1, -0.05) is 146 Å². The van der Waals surface area contributed by atoms with E-state index in [4.69, 9.17) is 19.9 Å². The largest absolute Gasteiger partial charge is 5.00 e. The van der Waals surface area contributed by atoms with Gasteiger partial charge in [0.25, 0.3) is 0 Å². The third kappa shape index (κ3) is 11.5. The van der Waals surface area contributed by atoms with Crippen molar-refractivity contribution in [3.05, 3.63) is 152 Å². The predicted molar refractivity (Wildman–Crippen MR) is 316 cm³/mol. The van der Waals surface area contributed by atoms with Crippen LogP contribution in [0.1, 0.15) is 173 Å². The zero-order valence-corrected chi connectivity index (χ0v) is 48.4. The van der Waals surface area contributed by atoms with Gasteiger partial charge in [-0.05, 0) is 163 Å². The average molecular weight is 1040 g/mol. The Labute approximate surface area is 460 Å². The van der Waals surface area contributed by atoms with Crippen LogP contribution in [0.5, 0.6) is 0 Å². The molecule has 0 amide bonds. The summed E-state index contributed by atoms with van der Waals surface area (Å²) in [6.07, 6.45) is 20.8. The molecular weight excluding hydrogens is 961 g/mol. The number of allylic oxidation sites excluding steroid dienone is 5. The topological polar surface area (TPSA) is 88.7 Å². The van der Waals surface area contributed by atoms with Gasteiger partial charge in [0.1, 0.15) is 0 Å². The summed E-state index contributed by atoms with van der Waals surface area (Å²) in [5.74, 6) is 0.844. The summed E-state index contributed by atoms with van der Waals surface area (Å²) in [5.41, 5.74) is 27.1. The molecule has 2 aromatic carbocycles. The fraction of sp³-hybridized carbons (Fsp3) is 0.455. The maximum absolute atomic E-state index is 5.87. The molecule has 6 aliphatic rings. The molecule has 7 heterocycles. The van der Waals surface area contributed by atoms with Gasteiger partial charge < -0.3 is 30.4 Å². The second kappa shape index (κ2) is 24.7. The zero-order chi connectivity index (χ0) is 52.2. The van der Waals surface area contributed by atoms with Crippen molar-refractivity contribution in [3.63, 3.8) is 0 Å². The first-order chi connectivity index (χ1) is 35.8. The molecule has 8 nitrogen and oxygen atoms in total. The van der Waals surface area contributed by atoms with Crippen molar-refractivity contribution in [1.29, 1.82) is 0 Å². The van der Waals surface area contributed by atoms with Crippen LogP contribution in [0.4, 0.5) is 0 Å². The van der Waals surface area contributed by atoms with Gasteiger partial charge in [0.2, 0.25) is 0 Å². The van der Waals surface area contributed by atoms with E-state index >= 15 is 0 Å². The Hall–Kier alpha value is -5.44. The molecule has 2 aliphatic carbocycles. The molecule has 0 N–H and O–H groups in total.